The van der Waals surface area contributed by atoms with Crippen molar-refractivity contribution in [2.75, 3.05) is 26.2 Å². The van der Waals surface area contributed by atoms with Crippen molar-refractivity contribution in [1.82, 2.24) is 20.9 Å². The second kappa shape index (κ2) is 12.7. The van der Waals surface area contributed by atoms with Crippen LogP contribution in [0.3, 0.4) is 0 Å². The van der Waals surface area contributed by atoms with E-state index < -0.39 is 18.0 Å². The minimum absolute atomic E-state index is 0.0217. The molecule has 36 heavy (non-hydrogen) atoms. The highest BCUT2D eigenvalue weighted by Gasteiger charge is 2.33. The molecule has 0 bridgehead atoms. The zero-order valence-corrected chi connectivity index (χ0v) is 21.5. The Balaban J connectivity index is 1.86. The fourth-order valence-corrected chi connectivity index (χ4v) is 4.55. The predicted octanol–water partition coefficient (Wildman–Crippen LogP) is 1.24. The first-order valence-electron chi connectivity index (χ1n) is 12.7. The summed E-state index contributed by atoms with van der Waals surface area (Å²) in [6.45, 7) is 8.90. The lowest BCUT2D eigenvalue weighted by atomic mass is 10.0. The molecule has 3 N–H and O–H groups in total. The average molecular weight is 503 g/mol. The van der Waals surface area contributed by atoms with E-state index in [1.165, 1.54) is 0 Å². The third-order valence-corrected chi connectivity index (χ3v) is 6.14. The number of morpholine rings is 1. The minimum atomic E-state index is -0.920. The summed E-state index contributed by atoms with van der Waals surface area (Å²) in [6, 6.07) is 5.13. The van der Waals surface area contributed by atoms with E-state index in [1.54, 1.807) is 29.2 Å². The number of nitrogens with zero attached hydrogens (tertiary/aromatic N) is 1. The first-order valence-corrected chi connectivity index (χ1v) is 12.7. The highest BCUT2D eigenvalue weighted by atomic mass is 16.5. The van der Waals surface area contributed by atoms with Crippen LogP contribution < -0.4 is 20.7 Å². The summed E-state index contributed by atoms with van der Waals surface area (Å²) in [6.07, 6.45) is 0.276. The van der Waals surface area contributed by atoms with Crippen molar-refractivity contribution in [2.45, 2.75) is 71.2 Å². The van der Waals surface area contributed by atoms with Crippen molar-refractivity contribution in [2.24, 2.45) is 5.92 Å². The number of para-hydroxylation sites is 1. The van der Waals surface area contributed by atoms with Gasteiger partial charge in [0.15, 0.2) is 0 Å². The van der Waals surface area contributed by atoms with Crippen molar-refractivity contribution in [1.29, 1.82) is 0 Å². The second-order valence-corrected chi connectivity index (χ2v) is 9.95. The maximum absolute atomic E-state index is 13.5. The van der Waals surface area contributed by atoms with E-state index in [-0.39, 0.29) is 67.4 Å². The van der Waals surface area contributed by atoms with Gasteiger partial charge < -0.3 is 30.3 Å². The van der Waals surface area contributed by atoms with Crippen LogP contribution in [0.1, 0.15) is 57.3 Å². The van der Waals surface area contributed by atoms with Crippen molar-refractivity contribution >= 4 is 23.6 Å². The van der Waals surface area contributed by atoms with Gasteiger partial charge in [-0.3, -0.25) is 19.2 Å². The molecule has 2 heterocycles. The summed E-state index contributed by atoms with van der Waals surface area (Å²) in [5, 5.41) is 8.42. The molecule has 2 aliphatic rings. The minimum Gasteiger partial charge on any atom is -0.491 e. The van der Waals surface area contributed by atoms with Crippen LogP contribution in [0.25, 0.3) is 0 Å². The van der Waals surface area contributed by atoms with Gasteiger partial charge in [-0.15, -0.1) is 0 Å². The smallest absolute Gasteiger partial charge is 0.255 e. The molecular formula is C26H38N4O6. The van der Waals surface area contributed by atoms with Crippen LogP contribution >= 0.6 is 0 Å². The average Bonchev–Trinajstić information content (AvgIpc) is 2.82. The Kier molecular flexibility index (Phi) is 9.69. The molecule has 0 aromatic heterocycles. The maximum atomic E-state index is 13.5. The largest absolute Gasteiger partial charge is 0.491 e. The zero-order valence-electron chi connectivity index (χ0n) is 21.5. The number of nitrogens with one attached hydrogen (secondary N) is 3. The molecule has 2 aliphatic heterocycles. The molecule has 1 saturated heterocycles. The van der Waals surface area contributed by atoms with Gasteiger partial charge in [-0.05, 0) is 44.7 Å². The van der Waals surface area contributed by atoms with Gasteiger partial charge in [0, 0.05) is 19.5 Å². The molecule has 4 amide bonds. The van der Waals surface area contributed by atoms with E-state index in [1.807, 2.05) is 27.7 Å². The normalized spacial score (nSPS) is 26.5. The highest BCUT2D eigenvalue weighted by molar-refractivity contribution is 6.00. The van der Waals surface area contributed by atoms with Crippen LogP contribution in [-0.2, 0) is 19.1 Å². The van der Waals surface area contributed by atoms with Gasteiger partial charge in [0.25, 0.3) is 5.91 Å². The molecule has 0 unspecified atom stereocenters. The molecule has 4 atom stereocenters. The topological polar surface area (TPSA) is 126 Å². The lowest BCUT2D eigenvalue weighted by Gasteiger charge is -2.37. The van der Waals surface area contributed by atoms with Crippen molar-refractivity contribution in [3.8, 4) is 5.75 Å². The van der Waals surface area contributed by atoms with Crippen LogP contribution in [0.4, 0.5) is 0 Å². The summed E-state index contributed by atoms with van der Waals surface area (Å²) in [4.78, 5) is 54.0. The predicted molar refractivity (Wildman–Crippen MR) is 133 cm³/mol. The molecule has 0 radical (unpaired) electrons. The van der Waals surface area contributed by atoms with Crippen LogP contribution in [0, 0.1) is 5.92 Å². The highest BCUT2D eigenvalue weighted by Crippen LogP contribution is 2.19. The number of carbonyl (C=O) groups is 4. The maximum Gasteiger partial charge on any atom is 0.255 e. The van der Waals surface area contributed by atoms with Gasteiger partial charge in [-0.2, -0.15) is 0 Å². The van der Waals surface area contributed by atoms with E-state index in [0.29, 0.717) is 25.3 Å². The zero-order chi connectivity index (χ0) is 26.2. The van der Waals surface area contributed by atoms with E-state index in [2.05, 4.69) is 16.0 Å². The van der Waals surface area contributed by atoms with E-state index >= 15 is 0 Å². The molecule has 10 heteroatoms. The summed E-state index contributed by atoms with van der Waals surface area (Å²) in [7, 11) is 0. The molecule has 0 aliphatic carbocycles. The number of amides is 4. The molecule has 0 spiro atoms. The summed E-state index contributed by atoms with van der Waals surface area (Å²) in [5.74, 6) is -0.829. The number of benzene rings is 1. The van der Waals surface area contributed by atoms with Gasteiger partial charge in [-0.25, -0.2) is 0 Å². The second-order valence-electron chi connectivity index (χ2n) is 9.95. The van der Waals surface area contributed by atoms with Crippen molar-refractivity contribution in [3.05, 3.63) is 29.8 Å². The molecule has 0 saturated carbocycles. The lowest BCUT2D eigenvalue weighted by molar-refractivity contribution is -0.145. The van der Waals surface area contributed by atoms with Gasteiger partial charge in [0.2, 0.25) is 17.7 Å². The Morgan fingerprint density at radius 2 is 1.78 bits per heavy atom. The number of rotatable bonds is 3. The lowest BCUT2D eigenvalue weighted by Crippen LogP contribution is -2.55. The first-order chi connectivity index (χ1) is 17.1. The molecule has 10 nitrogen and oxygen atoms in total. The van der Waals surface area contributed by atoms with Crippen LogP contribution in [0.15, 0.2) is 24.3 Å². The molecule has 1 aromatic carbocycles. The number of hydrogen-bond acceptors (Lipinski definition) is 6. The van der Waals surface area contributed by atoms with Crippen molar-refractivity contribution < 1.29 is 28.7 Å². The Bertz CT molecular complexity index is 942. The summed E-state index contributed by atoms with van der Waals surface area (Å²) in [5.41, 5.74) is 0.280. The summed E-state index contributed by atoms with van der Waals surface area (Å²) < 4.78 is 11.5. The van der Waals surface area contributed by atoms with Gasteiger partial charge in [-0.1, -0.05) is 26.0 Å². The number of carbonyl (C=O) groups excluding carboxylic acids is 4. The van der Waals surface area contributed by atoms with E-state index in [0.717, 1.165) is 0 Å². The molecule has 1 aromatic rings. The van der Waals surface area contributed by atoms with E-state index in [4.69, 9.17) is 9.47 Å². The fourth-order valence-electron chi connectivity index (χ4n) is 4.55. The van der Waals surface area contributed by atoms with Gasteiger partial charge in [0.05, 0.1) is 24.3 Å². The Labute approximate surface area is 212 Å². The number of fused-ring (bicyclic) bond motifs is 1. The van der Waals surface area contributed by atoms with Gasteiger partial charge in [0.1, 0.15) is 24.4 Å². The number of hydrogen-bond donors (Lipinski definition) is 3. The Hall–Kier alpha value is -3.14. The van der Waals surface area contributed by atoms with Crippen LogP contribution in [0.2, 0.25) is 0 Å². The Morgan fingerprint density at radius 3 is 2.47 bits per heavy atom. The number of ether oxygens (including phenoxy) is 2. The SMILES string of the molecule is CC(C)C[C@H]1NC(=O)CC[C@@H](C(=O)N2C[C@@H](C)O[C@@H](C)C2)NC(=O)c2ccccc2OCCNC1=O. The molecule has 1 fully saturated rings. The molecule has 198 valence electrons. The molecular weight excluding hydrogens is 464 g/mol. The monoisotopic (exact) mass is 502 g/mol. The standard InChI is InChI=1S/C26H38N4O6/c1-16(2)13-21-25(33)27-11-12-35-22-8-6-5-7-19(22)24(32)29-20(9-10-23(31)28-21)26(34)30-14-17(3)36-18(4)15-30/h5-8,16-18,20-21H,9-15H2,1-4H3,(H,27,33)(H,28,31)(H,29,32)/t17-,18+,20-,21+/m0/s1. The molecule has 3 rings (SSSR count). The van der Waals surface area contributed by atoms with Gasteiger partial charge >= 0.3 is 0 Å². The van der Waals surface area contributed by atoms with Crippen LogP contribution in [0.5, 0.6) is 5.75 Å². The van der Waals surface area contributed by atoms with Crippen LogP contribution in [-0.4, -0.2) is 79.1 Å². The summed E-state index contributed by atoms with van der Waals surface area (Å²) >= 11 is 0. The first kappa shape index (κ1) is 27.4. The fraction of sp³-hybridized carbons (Fsp3) is 0.615. The third kappa shape index (κ3) is 7.68. The third-order valence-electron chi connectivity index (χ3n) is 6.14. The van der Waals surface area contributed by atoms with Crippen molar-refractivity contribution in [3.63, 3.8) is 0 Å². The quantitative estimate of drug-likeness (QED) is 0.571. The van der Waals surface area contributed by atoms with E-state index in [9.17, 15) is 19.2 Å². The Morgan fingerprint density at radius 1 is 1.08 bits per heavy atom.